The molecule has 0 aliphatic heterocycles. The molecule has 1 unspecified atom stereocenters. The molecular weight excluding hydrogens is 218 g/mol. The number of hydrogen-bond donors (Lipinski definition) is 4. The van der Waals surface area contributed by atoms with E-state index in [4.69, 9.17) is 10.8 Å². The molecule has 0 saturated carbocycles. The van der Waals surface area contributed by atoms with Crippen LogP contribution in [0.4, 0.5) is 5.69 Å². The SMILES string of the molecule is Nc1c(O)cccc1C(O)c1ccc(O)cc1. The van der Waals surface area contributed by atoms with E-state index in [0.29, 0.717) is 11.1 Å². The fraction of sp³-hybridized carbons (Fsp3) is 0.0769. The van der Waals surface area contributed by atoms with Gasteiger partial charge in [0.25, 0.3) is 0 Å². The Morgan fingerprint density at radius 1 is 0.941 bits per heavy atom. The highest BCUT2D eigenvalue weighted by atomic mass is 16.3. The van der Waals surface area contributed by atoms with Crippen LogP contribution in [-0.2, 0) is 0 Å². The molecule has 17 heavy (non-hydrogen) atoms. The summed E-state index contributed by atoms with van der Waals surface area (Å²) in [6.07, 6.45) is -0.928. The molecule has 2 rings (SSSR count). The summed E-state index contributed by atoms with van der Waals surface area (Å²) in [4.78, 5) is 0. The second kappa shape index (κ2) is 4.35. The number of phenols is 2. The third kappa shape index (κ3) is 2.16. The van der Waals surface area contributed by atoms with E-state index >= 15 is 0 Å². The lowest BCUT2D eigenvalue weighted by molar-refractivity contribution is 0.220. The molecule has 0 aromatic heterocycles. The van der Waals surface area contributed by atoms with Gasteiger partial charge in [0.1, 0.15) is 17.6 Å². The number of aliphatic hydroxyl groups is 1. The van der Waals surface area contributed by atoms with Gasteiger partial charge in [-0.3, -0.25) is 0 Å². The number of para-hydroxylation sites is 1. The Balaban J connectivity index is 2.40. The van der Waals surface area contributed by atoms with Crippen LogP contribution in [0.3, 0.4) is 0 Å². The summed E-state index contributed by atoms with van der Waals surface area (Å²) in [5.74, 6) is 0.0742. The molecule has 0 heterocycles. The molecule has 0 aliphatic rings. The number of benzene rings is 2. The maximum atomic E-state index is 10.1. The smallest absolute Gasteiger partial charge is 0.138 e. The number of hydrogen-bond acceptors (Lipinski definition) is 4. The molecular formula is C13H13NO3. The maximum Gasteiger partial charge on any atom is 0.138 e. The molecule has 5 N–H and O–H groups in total. The van der Waals surface area contributed by atoms with Crippen molar-refractivity contribution in [2.24, 2.45) is 0 Å². The van der Waals surface area contributed by atoms with Crippen LogP contribution >= 0.6 is 0 Å². The number of phenolic OH excluding ortho intramolecular Hbond substituents is 2. The van der Waals surface area contributed by atoms with Gasteiger partial charge in [0.05, 0.1) is 5.69 Å². The summed E-state index contributed by atoms with van der Waals surface area (Å²) in [6.45, 7) is 0. The van der Waals surface area contributed by atoms with Gasteiger partial charge in [-0.2, -0.15) is 0 Å². The summed E-state index contributed by atoms with van der Waals surface area (Å²) < 4.78 is 0. The van der Waals surface area contributed by atoms with E-state index in [1.165, 1.54) is 18.2 Å². The van der Waals surface area contributed by atoms with Crippen molar-refractivity contribution in [1.82, 2.24) is 0 Å². The number of aromatic hydroxyl groups is 2. The summed E-state index contributed by atoms with van der Waals surface area (Å²) in [6, 6.07) is 10.9. The van der Waals surface area contributed by atoms with Gasteiger partial charge in [-0.15, -0.1) is 0 Å². The molecule has 0 fully saturated rings. The predicted octanol–water partition coefficient (Wildman–Crippen LogP) is 1.76. The lowest BCUT2D eigenvalue weighted by Gasteiger charge is -2.14. The van der Waals surface area contributed by atoms with Crippen molar-refractivity contribution in [3.63, 3.8) is 0 Å². The van der Waals surface area contributed by atoms with E-state index in [2.05, 4.69) is 0 Å². The summed E-state index contributed by atoms with van der Waals surface area (Å²) in [5, 5.41) is 28.7. The largest absolute Gasteiger partial charge is 0.508 e. The standard InChI is InChI=1S/C13H13NO3/c14-12-10(2-1-3-11(12)16)13(17)8-4-6-9(15)7-5-8/h1-7,13,15-17H,14H2. The number of nitrogen functional groups attached to an aromatic ring is 1. The van der Waals surface area contributed by atoms with Crippen LogP contribution in [0.2, 0.25) is 0 Å². The van der Waals surface area contributed by atoms with E-state index < -0.39 is 6.10 Å². The Morgan fingerprint density at radius 3 is 2.24 bits per heavy atom. The molecule has 0 amide bonds. The Hall–Kier alpha value is -2.20. The lowest BCUT2D eigenvalue weighted by atomic mass is 9.99. The van der Waals surface area contributed by atoms with E-state index in [1.54, 1.807) is 24.3 Å². The van der Waals surface area contributed by atoms with Crippen molar-refractivity contribution < 1.29 is 15.3 Å². The minimum Gasteiger partial charge on any atom is -0.508 e. The van der Waals surface area contributed by atoms with Crippen molar-refractivity contribution in [1.29, 1.82) is 0 Å². The van der Waals surface area contributed by atoms with Gasteiger partial charge in [0.15, 0.2) is 0 Å². The normalized spacial score (nSPS) is 12.3. The highest BCUT2D eigenvalue weighted by Gasteiger charge is 2.15. The van der Waals surface area contributed by atoms with E-state index in [0.717, 1.165) is 0 Å². The van der Waals surface area contributed by atoms with Crippen molar-refractivity contribution >= 4 is 5.69 Å². The fourth-order valence-corrected chi connectivity index (χ4v) is 1.64. The van der Waals surface area contributed by atoms with Crippen LogP contribution in [0.25, 0.3) is 0 Å². The molecule has 0 radical (unpaired) electrons. The Kier molecular flexibility index (Phi) is 2.89. The molecule has 0 saturated heterocycles. The van der Waals surface area contributed by atoms with Crippen molar-refractivity contribution in [2.45, 2.75) is 6.10 Å². The van der Waals surface area contributed by atoms with Crippen LogP contribution < -0.4 is 5.73 Å². The first-order valence-corrected chi connectivity index (χ1v) is 5.14. The third-order valence-corrected chi connectivity index (χ3v) is 2.62. The van der Waals surface area contributed by atoms with Gasteiger partial charge >= 0.3 is 0 Å². The van der Waals surface area contributed by atoms with Gasteiger partial charge in [-0.1, -0.05) is 24.3 Å². The first-order chi connectivity index (χ1) is 8.09. The first kappa shape index (κ1) is 11.3. The summed E-state index contributed by atoms with van der Waals surface area (Å²) in [5.41, 5.74) is 6.89. The number of nitrogens with two attached hydrogens (primary N) is 1. The lowest BCUT2D eigenvalue weighted by Crippen LogP contribution is -2.03. The molecule has 2 aromatic carbocycles. The quantitative estimate of drug-likeness (QED) is 0.468. The Labute approximate surface area is 98.6 Å². The Morgan fingerprint density at radius 2 is 1.59 bits per heavy atom. The second-order valence-corrected chi connectivity index (χ2v) is 3.77. The van der Waals surface area contributed by atoms with Gasteiger partial charge in [-0.05, 0) is 23.8 Å². The van der Waals surface area contributed by atoms with E-state index in [-0.39, 0.29) is 17.2 Å². The number of aliphatic hydroxyl groups excluding tert-OH is 1. The predicted molar refractivity (Wildman–Crippen MR) is 64.7 cm³/mol. The van der Waals surface area contributed by atoms with Gasteiger partial charge in [0.2, 0.25) is 0 Å². The van der Waals surface area contributed by atoms with Gasteiger partial charge < -0.3 is 21.1 Å². The zero-order valence-electron chi connectivity index (χ0n) is 9.04. The zero-order valence-corrected chi connectivity index (χ0v) is 9.04. The first-order valence-electron chi connectivity index (χ1n) is 5.14. The maximum absolute atomic E-state index is 10.1. The molecule has 0 aliphatic carbocycles. The molecule has 0 bridgehead atoms. The van der Waals surface area contributed by atoms with Crippen LogP contribution in [0.5, 0.6) is 11.5 Å². The monoisotopic (exact) mass is 231 g/mol. The van der Waals surface area contributed by atoms with E-state index in [9.17, 15) is 10.2 Å². The van der Waals surface area contributed by atoms with Crippen LogP contribution in [0.15, 0.2) is 42.5 Å². The average molecular weight is 231 g/mol. The minimum absolute atomic E-state index is 0.0553. The van der Waals surface area contributed by atoms with Crippen LogP contribution in [-0.4, -0.2) is 15.3 Å². The molecule has 4 heteroatoms. The van der Waals surface area contributed by atoms with Crippen molar-refractivity contribution in [3.8, 4) is 11.5 Å². The van der Waals surface area contributed by atoms with Crippen molar-refractivity contribution in [3.05, 3.63) is 53.6 Å². The average Bonchev–Trinajstić information content (AvgIpc) is 2.33. The summed E-state index contributed by atoms with van der Waals surface area (Å²) in [7, 11) is 0. The molecule has 88 valence electrons. The Bertz CT molecular complexity index is 523. The highest BCUT2D eigenvalue weighted by molar-refractivity contribution is 5.59. The second-order valence-electron chi connectivity index (χ2n) is 3.77. The zero-order chi connectivity index (χ0) is 12.4. The third-order valence-electron chi connectivity index (χ3n) is 2.62. The van der Waals surface area contributed by atoms with Gasteiger partial charge in [0, 0.05) is 5.56 Å². The number of rotatable bonds is 2. The minimum atomic E-state index is -0.928. The molecule has 2 aromatic rings. The molecule has 0 spiro atoms. The fourth-order valence-electron chi connectivity index (χ4n) is 1.64. The van der Waals surface area contributed by atoms with Crippen molar-refractivity contribution in [2.75, 3.05) is 5.73 Å². The topological polar surface area (TPSA) is 86.7 Å². The van der Waals surface area contributed by atoms with E-state index in [1.807, 2.05) is 0 Å². The van der Waals surface area contributed by atoms with Gasteiger partial charge in [-0.25, -0.2) is 0 Å². The van der Waals surface area contributed by atoms with Crippen LogP contribution in [0.1, 0.15) is 17.2 Å². The molecule has 1 atom stereocenters. The number of anilines is 1. The molecule has 4 nitrogen and oxygen atoms in total. The highest BCUT2D eigenvalue weighted by Crippen LogP contribution is 2.32. The summed E-state index contributed by atoms with van der Waals surface area (Å²) >= 11 is 0. The van der Waals surface area contributed by atoms with Crippen LogP contribution in [0, 0.1) is 0 Å².